The molecule has 0 aliphatic rings. The van der Waals surface area contributed by atoms with Crippen LogP contribution in [0.1, 0.15) is 30.9 Å². The van der Waals surface area contributed by atoms with Crippen molar-refractivity contribution in [2.75, 3.05) is 0 Å². The van der Waals surface area contributed by atoms with Crippen molar-refractivity contribution in [2.45, 2.75) is 33.1 Å². The van der Waals surface area contributed by atoms with E-state index in [0.29, 0.717) is 5.92 Å². The molecule has 0 aliphatic carbocycles. The van der Waals surface area contributed by atoms with Gasteiger partial charge in [-0.25, -0.2) is 0 Å². The number of halogens is 3. The topological polar surface area (TPSA) is 9.23 Å². The number of aryl methyl sites for hydroxylation is 1. The lowest BCUT2D eigenvalue weighted by Crippen LogP contribution is -2.17. The highest BCUT2D eigenvalue weighted by molar-refractivity contribution is 5.36. The Labute approximate surface area is 86.9 Å². The average molecular weight is 218 g/mol. The predicted octanol–water partition coefficient (Wildman–Crippen LogP) is 4.02. The maximum atomic E-state index is 11.9. The zero-order valence-corrected chi connectivity index (χ0v) is 8.85. The monoisotopic (exact) mass is 218 g/mol. The van der Waals surface area contributed by atoms with Crippen molar-refractivity contribution < 1.29 is 17.9 Å². The smallest absolute Gasteiger partial charge is 0.406 e. The first-order valence-corrected chi connectivity index (χ1v) is 4.66. The number of alkyl halides is 3. The third kappa shape index (κ3) is 3.46. The summed E-state index contributed by atoms with van der Waals surface area (Å²) in [7, 11) is 0. The largest absolute Gasteiger partial charge is 0.573 e. The minimum atomic E-state index is -4.62. The lowest BCUT2D eigenvalue weighted by atomic mass is 9.98. The molecule has 1 rings (SSSR count). The molecule has 1 aromatic rings. The van der Waals surface area contributed by atoms with Crippen molar-refractivity contribution in [3.8, 4) is 5.75 Å². The molecule has 1 aromatic carbocycles. The van der Waals surface area contributed by atoms with E-state index >= 15 is 0 Å². The summed E-state index contributed by atoms with van der Waals surface area (Å²) in [5.74, 6) is 0.134. The fourth-order valence-corrected chi connectivity index (χ4v) is 1.49. The molecule has 4 heteroatoms. The Balaban J connectivity index is 2.92. The molecule has 0 unspecified atom stereocenters. The van der Waals surface area contributed by atoms with E-state index in [1.54, 1.807) is 13.0 Å². The number of ether oxygens (including phenoxy) is 1. The van der Waals surface area contributed by atoms with Crippen LogP contribution in [0.3, 0.4) is 0 Å². The van der Waals surface area contributed by atoms with Crippen molar-refractivity contribution in [1.82, 2.24) is 0 Å². The van der Waals surface area contributed by atoms with E-state index < -0.39 is 6.36 Å². The quantitative estimate of drug-likeness (QED) is 0.728. The Morgan fingerprint density at radius 1 is 1.20 bits per heavy atom. The number of hydrogen-bond acceptors (Lipinski definition) is 1. The molecule has 0 amide bonds. The molecular formula is C11H13F3O. The van der Waals surface area contributed by atoms with Crippen LogP contribution in [0.2, 0.25) is 0 Å². The van der Waals surface area contributed by atoms with Crippen LogP contribution < -0.4 is 4.74 Å². The van der Waals surface area contributed by atoms with Crippen molar-refractivity contribution in [3.05, 3.63) is 29.3 Å². The van der Waals surface area contributed by atoms with Crippen molar-refractivity contribution in [2.24, 2.45) is 0 Å². The summed E-state index contributed by atoms with van der Waals surface area (Å²) < 4.78 is 39.5. The average Bonchev–Trinajstić information content (AvgIpc) is 1.99. The van der Waals surface area contributed by atoms with Crippen LogP contribution in [0.5, 0.6) is 5.75 Å². The van der Waals surface area contributed by atoms with Crippen LogP contribution in [-0.4, -0.2) is 6.36 Å². The fourth-order valence-electron chi connectivity index (χ4n) is 1.49. The van der Waals surface area contributed by atoms with Crippen LogP contribution in [0.4, 0.5) is 13.2 Å². The Kier molecular flexibility index (Phi) is 3.27. The minimum Gasteiger partial charge on any atom is -0.406 e. The Bertz CT molecular complexity index is 342. The van der Waals surface area contributed by atoms with Gasteiger partial charge in [0.2, 0.25) is 0 Å². The molecule has 0 saturated carbocycles. The van der Waals surface area contributed by atoms with E-state index in [1.807, 2.05) is 13.8 Å². The van der Waals surface area contributed by atoms with E-state index in [0.717, 1.165) is 11.1 Å². The normalized spacial score (nSPS) is 11.9. The maximum absolute atomic E-state index is 11.9. The molecule has 0 aromatic heterocycles. The molecule has 0 spiro atoms. The molecule has 0 fully saturated rings. The molecule has 0 bridgehead atoms. The molecule has 0 N–H and O–H groups in total. The number of benzene rings is 1. The van der Waals surface area contributed by atoms with Gasteiger partial charge in [-0.1, -0.05) is 19.9 Å². The lowest BCUT2D eigenvalue weighted by molar-refractivity contribution is -0.274. The SMILES string of the molecule is Cc1cc(OC(F)(F)F)ccc1C(C)C. The molecule has 1 nitrogen and oxygen atoms in total. The summed E-state index contributed by atoms with van der Waals surface area (Å²) in [6, 6.07) is 4.42. The molecule has 0 radical (unpaired) electrons. The molecule has 0 saturated heterocycles. The van der Waals surface area contributed by atoms with Crippen LogP contribution in [-0.2, 0) is 0 Å². The van der Waals surface area contributed by atoms with Gasteiger partial charge in [-0.3, -0.25) is 0 Å². The van der Waals surface area contributed by atoms with Gasteiger partial charge >= 0.3 is 6.36 Å². The molecule has 15 heavy (non-hydrogen) atoms. The third-order valence-corrected chi connectivity index (χ3v) is 2.10. The number of hydrogen-bond donors (Lipinski definition) is 0. The van der Waals surface area contributed by atoms with Crippen LogP contribution in [0.15, 0.2) is 18.2 Å². The highest BCUT2D eigenvalue weighted by Crippen LogP contribution is 2.27. The highest BCUT2D eigenvalue weighted by Gasteiger charge is 2.31. The zero-order chi connectivity index (χ0) is 11.6. The van der Waals surface area contributed by atoms with Gasteiger partial charge < -0.3 is 4.74 Å². The third-order valence-electron chi connectivity index (χ3n) is 2.10. The van der Waals surface area contributed by atoms with Gasteiger partial charge in [0.05, 0.1) is 0 Å². The van der Waals surface area contributed by atoms with Crippen LogP contribution in [0, 0.1) is 6.92 Å². The summed E-state index contributed by atoms with van der Waals surface area (Å²) in [5, 5.41) is 0. The van der Waals surface area contributed by atoms with Crippen molar-refractivity contribution >= 4 is 0 Å². The Morgan fingerprint density at radius 2 is 1.80 bits per heavy atom. The van der Waals surface area contributed by atoms with E-state index in [1.165, 1.54) is 12.1 Å². The minimum absolute atomic E-state index is 0.163. The van der Waals surface area contributed by atoms with Gasteiger partial charge in [0.25, 0.3) is 0 Å². The van der Waals surface area contributed by atoms with E-state index in [-0.39, 0.29) is 5.75 Å². The second-order valence-electron chi connectivity index (χ2n) is 3.72. The standard InChI is InChI=1S/C11H13F3O/c1-7(2)10-5-4-9(6-8(10)3)15-11(12,13)14/h4-7H,1-3H3. The first-order chi connectivity index (χ1) is 6.79. The van der Waals surface area contributed by atoms with E-state index in [2.05, 4.69) is 4.74 Å². The Hall–Kier alpha value is -1.19. The molecule has 0 atom stereocenters. The fraction of sp³-hybridized carbons (Fsp3) is 0.455. The first-order valence-electron chi connectivity index (χ1n) is 4.66. The zero-order valence-electron chi connectivity index (χ0n) is 8.85. The summed E-state index contributed by atoms with van der Waals surface area (Å²) in [6.07, 6.45) is -4.62. The van der Waals surface area contributed by atoms with Crippen molar-refractivity contribution in [3.63, 3.8) is 0 Å². The Morgan fingerprint density at radius 3 is 2.20 bits per heavy atom. The van der Waals surface area contributed by atoms with Gasteiger partial charge in [-0.05, 0) is 36.1 Å². The predicted molar refractivity (Wildman–Crippen MR) is 52.0 cm³/mol. The molecular weight excluding hydrogens is 205 g/mol. The summed E-state index contributed by atoms with van der Waals surface area (Å²) in [5.41, 5.74) is 1.84. The first kappa shape index (κ1) is 11.9. The van der Waals surface area contributed by atoms with Gasteiger partial charge in [-0.2, -0.15) is 0 Å². The van der Waals surface area contributed by atoms with Crippen molar-refractivity contribution in [1.29, 1.82) is 0 Å². The van der Waals surface area contributed by atoms with Crippen LogP contribution >= 0.6 is 0 Å². The second-order valence-corrected chi connectivity index (χ2v) is 3.72. The maximum Gasteiger partial charge on any atom is 0.573 e. The van der Waals surface area contributed by atoms with Gasteiger partial charge in [0.15, 0.2) is 0 Å². The van der Waals surface area contributed by atoms with Gasteiger partial charge in [-0.15, -0.1) is 13.2 Å². The van der Waals surface area contributed by atoms with E-state index in [9.17, 15) is 13.2 Å². The number of rotatable bonds is 2. The van der Waals surface area contributed by atoms with E-state index in [4.69, 9.17) is 0 Å². The molecule has 0 aliphatic heterocycles. The second kappa shape index (κ2) is 4.13. The lowest BCUT2D eigenvalue weighted by Gasteiger charge is -2.13. The summed E-state index contributed by atoms with van der Waals surface area (Å²) in [6.45, 7) is 5.76. The van der Waals surface area contributed by atoms with Gasteiger partial charge in [0, 0.05) is 0 Å². The summed E-state index contributed by atoms with van der Waals surface area (Å²) in [4.78, 5) is 0. The molecule has 84 valence electrons. The molecule has 0 heterocycles. The highest BCUT2D eigenvalue weighted by atomic mass is 19.4. The van der Waals surface area contributed by atoms with Gasteiger partial charge in [0.1, 0.15) is 5.75 Å². The van der Waals surface area contributed by atoms with Crippen LogP contribution in [0.25, 0.3) is 0 Å². The summed E-state index contributed by atoms with van der Waals surface area (Å²) >= 11 is 0.